The molecule has 1 aromatic heterocycles. The molecule has 0 bridgehead atoms. The van der Waals surface area contributed by atoms with Crippen molar-refractivity contribution in [1.29, 1.82) is 0 Å². The topological polar surface area (TPSA) is 74.0 Å². The summed E-state index contributed by atoms with van der Waals surface area (Å²) in [5, 5.41) is 5.22. The third-order valence-electron chi connectivity index (χ3n) is 3.70. The van der Waals surface area contributed by atoms with E-state index in [2.05, 4.69) is 10.3 Å². The normalized spacial score (nSPS) is 18.0. The second-order valence-corrected chi connectivity index (χ2v) is 5.09. The Hall–Kier alpha value is -2.51. The summed E-state index contributed by atoms with van der Waals surface area (Å²) < 4.78 is 36.8. The predicted molar refractivity (Wildman–Crippen MR) is 72.4 cm³/mol. The van der Waals surface area contributed by atoms with E-state index in [-0.39, 0.29) is 19.0 Å². The maximum atomic E-state index is 12.3. The Morgan fingerprint density at radius 2 is 2.14 bits per heavy atom. The average molecular weight is 311 g/mol. The van der Waals surface area contributed by atoms with Crippen molar-refractivity contribution in [1.82, 2.24) is 15.6 Å². The van der Waals surface area contributed by atoms with Crippen molar-refractivity contribution >= 4 is 22.7 Å². The standard InChI is InChI=1S/C14H12F3N3O2/c15-14(16,17)13(22)20-5-7-4-19-12(21)8-2-1-3-10-11(8)9(7)6-18-10/h1-3,6-7,18H,4-5H2,(H,19,21)(H,20,22). The number of amides is 2. The maximum absolute atomic E-state index is 12.3. The smallest absolute Gasteiger partial charge is 0.361 e. The van der Waals surface area contributed by atoms with Gasteiger partial charge in [-0.25, -0.2) is 0 Å². The first-order chi connectivity index (χ1) is 10.4. The molecular formula is C14H12F3N3O2. The lowest BCUT2D eigenvalue weighted by atomic mass is 9.97. The number of carbonyl (C=O) groups excluding carboxylic acids is 2. The number of aromatic nitrogens is 1. The molecular weight excluding hydrogens is 299 g/mol. The summed E-state index contributed by atoms with van der Waals surface area (Å²) in [7, 11) is 0. The highest BCUT2D eigenvalue weighted by atomic mass is 19.4. The highest BCUT2D eigenvalue weighted by Gasteiger charge is 2.39. The van der Waals surface area contributed by atoms with Gasteiger partial charge in [0.25, 0.3) is 5.91 Å². The fourth-order valence-corrected chi connectivity index (χ4v) is 2.64. The number of hydrogen-bond acceptors (Lipinski definition) is 2. The Bertz CT molecular complexity index is 751. The molecule has 1 unspecified atom stereocenters. The van der Waals surface area contributed by atoms with Crippen LogP contribution in [0, 0.1) is 0 Å². The molecule has 0 spiro atoms. The Labute approximate surface area is 122 Å². The van der Waals surface area contributed by atoms with Crippen LogP contribution in [0.1, 0.15) is 21.8 Å². The highest BCUT2D eigenvalue weighted by Crippen LogP contribution is 2.30. The third-order valence-corrected chi connectivity index (χ3v) is 3.70. The number of benzene rings is 1. The quantitative estimate of drug-likeness (QED) is 0.789. The molecule has 2 amide bonds. The van der Waals surface area contributed by atoms with Crippen LogP contribution in [0.4, 0.5) is 13.2 Å². The second kappa shape index (κ2) is 5.04. The highest BCUT2D eigenvalue weighted by molar-refractivity contribution is 6.08. The minimum Gasteiger partial charge on any atom is -0.361 e. The fraction of sp³-hybridized carbons (Fsp3) is 0.286. The Balaban J connectivity index is 1.91. The maximum Gasteiger partial charge on any atom is 0.471 e. The van der Waals surface area contributed by atoms with Gasteiger partial charge in [0.05, 0.1) is 0 Å². The van der Waals surface area contributed by atoms with E-state index >= 15 is 0 Å². The first-order valence-electron chi connectivity index (χ1n) is 6.61. The van der Waals surface area contributed by atoms with Crippen molar-refractivity contribution in [3.05, 3.63) is 35.5 Å². The molecule has 0 saturated carbocycles. The van der Waals surface area contributed by atoms with E-state index in [0.29, 0.717) is 16.5 Å². The summed E-state index contributed by atoms with van der Waals surface area (Å²) in [4.78, 5) is 26.0. The van der Waals surface area contributed by atoms with Gasteiger partial charge < -0.3 is 15.6 Å². The van der Waals surface area contributed by atoms with Crippen LogP contribution in [0.15, 0.2) is 24.4 Å². The minimum atomic E-state index is -4.92. The number of nitrogens with one attached hydrogen (secondary N) is 3. The first-order valence-corrected chi connectivity index (χ1v) is 6.61. The van der Waals surface area contributed by atoms with Gasteiger partial charge in [0.15, 0.2) is 0 Å². The van der Waals surface area contributed by atoms with Gasteiger partial charge in [-0.05, 0) is 17.7 Å². The summed E-state index contributed by atoms with van der Waals surface area (Å²) in [6.07, 6.45) is -3.25. The summed E-state index contributed by atoms with van der Waals surface area (Å²) in [5.41, 5.74) is 1.92. The molecule has 1 atom stereocenters. The van der Waals surface area contributed by atoms with Gasteiger partial charge in [0.2, 0.25) is 0 Å². The lowest BCUT2D eigenvalue weighted by molar-refractivity contribution is -0.173. The summed E-state index contributed by atoms with van der Waals surface area (Å²) in [6, 6.07) is 5.17. The van der Waals surface area contributed by atoms with Gasteiger partial charge in [0.1, 0.15) is 0 Å². The molecule has 0 radical (unpaired) electrons. The number of halogens is 3. The molecule has 1 aliphatic heterocycles. The Morgan fingerprint density at radius 1 is 1.36 bits per heavy atom. The van der Waals surface area contributed by atoms with Crippen LogP contribution in [-0.2, 0) is 4.79 Å². The predicted octanol–water partition coefficient (Wildman–Crippen LogP) is 1.67. The van der Waals surface area contributed by atoms with E-state index in [4.69, 9.17) is 0 Å². The van der Waals surface area contributed by atoms with E-state index < -0.39 is 18.0 Å². The summed E-state index contributed by atoms with van der Waals surface area (Å²) >= 11 is 0. The first kappa shape index (κ1) is 14.4. The molecule has 0 saturated heterocycles. The summed E-state index contributed by atoms with van der Waals surface area (Å²) in [5.74, 6) is -2.70. The van der Waals surface area contributed by atoms with Crippen LogP contribution >= 0.6 is 0 Å². The molecule has 0 fully saturated rings. The molecule has 1 aromatic carbocycles. The van der Waals surface area contributed by atoms with E-state index in [1.165, 1.54) is 0 Å². The Morgan fingerprint density at radius 3 is 2.86 bits per heavy atom. The van der Waals surface area contributed by atoms with Crippen LogP contribution in [0.5, 0.6) is 0 Å². The van der Waals surface area contributed by atoms with Crippen molar-refractivity contribution in [3.63, 3.8) is 0 Å². The molecule has 8 heteroatoms. The van der Waals surface area contributed by atoms with Gasteiger partial charge in [-0.1, -0.05) is 6.07 Å². The van der Waals surface area contributed by atoms with Crippen molar-refractivity contribution in [3.8, 4) is 0 Å². The number of carbonyl (C=O) groups is 2. The zero-order valence-corrected chi connectivity index (χ0v) is 11.3. The van der Waals surface area contributed by atoms with Crippen LogP contribution < -0.4 is 10.6 Å². The van der Waals surface area contributed by atoms with E-state index in [9.17, 15) is 22.8 Å². The third kappa shape index (κ3) is 2.40. The van der Waals surface area contributed by atoms with Gasteiger partial charge in [0, 0.05) is 41.7 Å². The zero-order valence-electron chi connectivity index (χ0n) is 11.3. The fourth-order valence-electron chi connectivity index (χ4n) is 2.64. The molecule has 1 aliphatic rings. The SMILES string of the molecule is O=C1NCC(CNC(=O)C(F)(F)F)c2c[nH]c3cccc1c23. The average Bonchev–Trinajstić information content (AvgIpc) is 2.83. The van der Waals surface area contributed by atoms with Crippen molar-refractivity contribution in [2.75, 3.05) is 13.1 Å². The van der Waals surface area contributed by atoms with Gasteiger partial charge in [-0.3, -0.25) is 9.59 Å². The lowest BCUT2D eigenvalue weighted by Crippen LogP contribution is -2.40. The lowest BCUT2D eigenvalue weighted by Gasteiger charge is -2.16. The number of aromatic amines is 1. The second-order valence-electron chi connectivity index (χ2n) is 5.09. The van der Waals surface area contributed by atoms with Crippen LogP contribution in [0.2, 0.25) is 0 Å². The monoisotopic (exact) mass is 311 g/mol. The number of rotatable bonds is 2. The molecule has 3 N–H and O–H groups in total. The molecule has 22 heavy (non-hydrogen) atoms. The van der Waals surface area contributed by atoms with Crippen LogP contribution in [0.3, 0.4) is 0 Å². The molecule has 116 valence electrons. The molecule has 0 aliphatic carbocycles. The van der Waals surface area contributed by atoms with Crippen LogP contribution in [-0.4, -0.2) is 36.1 Å². The van der Waals surface area contributed by atoms with Gasteiger partial charge in [-0.2, -0.15) is 13.2 Å². The number of hydrogen-bond donors (Lipinski definition) is 3. The van der Waals surface area contributed by atoms with E-state index in [0.717, 1.165) is 5.52 Å². The van der Waals surface area contributed by atoms with E-state index in [1.54, 1.807) is 24.4 Å². The van der Waals surface area contributed by atoms with Gasteiger partial charge in [-0.15, -0.1) is 0 Å². The number of alkyl halides is 3. The van der Waals surface area contributed by atoms with E-state index in [1.807, 2.05) is 5.32 Å². The molecule has 3 rings (SSSR count). The summed E-state index contributed by atoms with van der Waals surface area (Å²) in [6.45, 7) is -0.0570. The minimum absolute atomic E-state index is 0.151. The molecule has 2 heterocycles. The zero-order chi connectivity index (χ0) is 15.9. The molecule has 5 nitrogen and oxygen atoms in total. The molecule has 2 aromatic rings. The largest absolute Gasteiger partial charge is 0.471 e. The van der Waals surface area contributed by atoms with Gasteiger partial charge >= 0.3 is 12.1 Å². The van der Waals surface area contributed by atoms with Crippen molar-refractivity contribution < 1.29 is 22.8 Å². The van der Waals surface area contributed by atoms with Crippen LogP contribution in [0.25, 0.3) is 10.9 Å². The van der Waals surface area contributed by atoms with Crippen molar-refractivity contribution in [2.24, 2.45) is 0 Å². The number of H-pyrrole nitrogens is 1. The van der Waals surface area contributed by atoms with Crippen molar-refractivity contribution in [2.45, 2.75) is 12.1 Å². The Kier molecular flexibility index (Phi) is 3.31.